The molecular weight excluding hydrogens is 480 g/mol. The number of carbonyl (C=O) groups is 2. The number of anilines is 1. The number of rotatable bonds is 9. The molecule has 1 aliphatic carbocycles. The Morgan fingerprint density at radius 3 is 2.44 bits per heavy atom. The highest BCUT2D eigenvalue weighted by atomic mass is 32.1. The minimum atomic E-state index is -1.01. The second-order valence-electron chi connectivity index (χ2n) is 8.53. The van der Waals surface area contributed by atoms with E-state index in [1.54, 1.807) is 56.7 Å². The van der Waals surface area contributed by atoms with Gasteiger partial charge >= 0.3 is 0 Å². The molecule has 2 amide bonds. The number of aromatic nitrogens is 2. The smallest absolute Gasteiger partial charge is 0.280 e. The predicted octanol–water partition coefficient (Wildman–Crippen LogP) is 4.40. The van der Waals surface area contributed by atoms with Crippen molar-refractivity contribution in [2.24, 2.45) is 0 Å². The summed E-state index contributed by atoms with van der Waals surface area (Å²) < 4.78 is 24.5. The summed E-state index contributed by atoms with van der Waals surface area (Å²) in [6, 6.07) is 11.3. The van der Waals surface area contributed by atoms with Crippen LogP contribution in [0.3, 0.4) is 0 Å². The molecule has 0 saturated heterocycles. The van der Waals surface area contributed by atoms with Gasteiger partial charge in [0, 0.05) is 17.8 Å². The van der Waals surface area contributed by atoms with Gasteiger partial charge in [-0.1, -0.05) is 31.4 Å². The lowest BCUT2D eigenvalue weighted by Gasteiger charge is -2.33. The van der Waals surface area contributed by atoms with Crippen LogP contribution < -0.4 is 24.4 Å². The lowest BCUT2D eigenvalue weighted by atomic mass is 9.94. The Balaban J connectivity index is 1.84. The number of ether oxygens (including phenoxy) is 3. The molecule has 1 fully saturated rings. The summed E-state index contributed by atoms with van der Waals surface area (Å²) in [7, 11) is 4.63. The van der Waals surface area contributed by atoms with E-state index in [4.69, 9.17) is 14.2 Å². The minimum Gasteiger partial charge on any atom is -0.497 e. The van der Waals surface area contributed by atoms with Crippen molar-refractivity contribution in [3.8, 4) is 17.2 Å². The fourth-order valence-corrected chi connectivity index (χ4v) is 4.90. The molecule has 4 rings (SSSR count). The van der Waals surface area contributed by atoms with Crippen LogP contribution >= 0.6 is 11.7 Å². The SMILES string of the molecule is COc1cccc(N(C(=O)c2cnsn2)[C@H](C(=O)NC2CCCCC2)c2ccc(OC)c(OC)c2)c1. The lowest BCUT2D eigenvalue weighted by Crippen LogP contribution is -2.47. The average Bonchev–Trinajstić information content (AvgIpc) is 3.46. The monoisotopic (exact) mass is 510 g/mol. The van der Waals surface area contributed by atoms with Crippen LogP contribution in [-0.2, 0) is 4.79 Å². The van der Waals surface area contributed by atoms with Gasteiger partial charge in [-0.3, -0.25) is 14.5 Å². The Kier molecular flexibility index (Phi) is 8.37. The highest BCUT2D eigenvalue weighted by molar-refractivity contribution is 6.99. The van der Waals surface area contributed by atoms with Crippen molar-refractivity contribution >= 4 is 29.2 Å². The van der Waals surface area contributed by atoms with Gasteiger partial charge in [-0.05, 0) is 42.7 Å². The number of hydrogen-bond donors (Lipinski definition) is 1. The van der Waals surface area contributed by atoms with Crippen molar-refractivity contribution in [1.29, 1.82) is 0 Å². The summed E-state index contributed by atoms with van der Waals surface area (Å²) in [5.74, 6) is 0.805. The van der Waals surface area contributed by atoms with E-state index in [2.05, 4.69) is 14.1 Å². The number of nitrogens with one attached hydrogen (secondary N) is 1. The second kappa shape index (κ2) is 11.9. The Labute approximate surface area is 214 Å². The molecule has 1 aliphatic rings. The minimum absolute atomic E-state index is 0.0529. The van der Waals surface area contributed by atoms with Crippen LogP contribution in [0.1, 0.15) is 54.2 Å². The van der Waals surface area contributed by atoms with Crippen molar-refractivity contribution < 1.29 is 23.8 Å². The first kappa shape index (κ1) is 25.4. The van der Waals surface area contributed by atoms with Crippen LogP contribution in [0, 0.1) is 0 Å². The van der Waals surface area contributed by atoms with Crippen LogP contribution in [-0.4, -0.2) is 47.9 Å². The standard InChI is InChI=1S/C26H30N4O5S/c1-33-20-11-7-10-19(15-20)30(26(32)21-16-27-36-29-21)24(25(31)28-18-8-5-4-6-9-18)17-12-13-22(34-2)23(14-17)35-3/h7,10-16,18,24H,4-6,8-9H2,1-3H3,(H,28,31)/t24-/m0/s1. The van der Waals surface area contributed by atoms with E-state index in [1.807, 2.05) is 0 Å². The van der Waals surface area contributed by atoms with Crippen LogP contribution in [0.5, 0.6) is 17.2 Å². The fourth-order valence-electron chi connectivity index (χ4n) is 4.49. The first-order chi connectivity index (χ1) is 17.5. The Bertz CT molecular complexity index is 1180. The Morgan fingerprint density at radius 2 is 1.78 bits per heavy atom. The molecule has 3 aromatic rings. The highest BCUT2D eigenvalue weighted by Gasteiger charge is 2.36. The highest BCUT2D eigenvalue weighted by Crippen LogP contribution is 2.36. The molecule has 0 bridgehead atoms. The average molecular weight is 511 g/mol. The van der Waals surface area contributed by atoms with Gasteiger partial charge < -0.3 is 19.5 Å². The van der Waals surface area contributed by atoms with Crippen LogP contribution in [0.15, 0.2) is 48.7 Å². The predicted molar refractivity (Wildman–Crippen MR) is 137 cm³/mol. The summed E-state index contributed by atoms with van der Waals surface area (Å²) in [6.07, 6.45) is 6.52. The third-order valence-electron chi connectivity index (χ3n) is 6.31. The Morgan fingerprint density at radius 1 is 1.00 bits per heavy atom. The Hall–Kier alpha value is -3.66. The molecule has 2 aromatic carbocycles. The van der Waals surface area contributed by atoms with E-state index in [-0.39, 0.29) is 17.6 Å². The number of carbonyl (C=O) groups excluding carboxylic acids is 2. The second-order valence-corrected chi connectivity index (χ2v) is 9.09. The maximum Gasteiger partial charge on any atom is 0.280 e. The summed E-state index contributed by atoms with van der Waals surface area (Å²) >= 11 is 0.934. The topological polar surface area (TPSA) is 103 Å². The molecule has 36 heavy (non-hydrogen) atoms. The number of hydrogen-bond acceptors (Lipinski definition) is 8. The van der Waals surface area contributed by atoms with E-state index in [0.29, 0.717) is 28.5 Å². The normalized spacial score (nSPS) is 14.5. The zero-order chi connectivity index (χ0) is 25.5. The molecular formula is C26H30N4O5S. The molecule has 190 valence electrons. The molecule has 9 nitrogen and oxygen atoms in total. The fraction of sp³-hybridized carbons (Fsp3) is 0.385. The van der Waals surface area contributed by atoms with Gasteiger partial charge in [-0.15, -0.1) is 0 Å². The van der Waals surface area contributed by atoms with Crippen LogP contribution in [0.25, 0.3) is 0 Å². The summed E-state index contributed by atoms with van der Waals surface area (Å²) in [4.78, 5) is 29.3. The molecule has 1 atom stereocenters. The van der Waals surface area contributed by atoms with Crippen molar-refractivity contribution in [2.45, 2.75) is 44.2 Å². The third-order valence-corrected chi connectivity index (χ3v) is 6.79. The van der Waals surface area contributed by atoms with Crippen molar-refractivity contribution in [2.75, 3.05) is 26.2 Å². The molecule has 1 saturated carbocycles. The van der Waals surface area contributed by atoms with Gasteiger partial charge in [-0.25, -0.2) is 0 Å². The maximum atomic E-state index is 14.0. The molecule has 0 spiro atoms. The number of amides is 2. The van der Waals surface area contributed by atoms with E-state index in [1.165, 1.54) is 18.2 Å². The van der Waals surface area contributed by atoms with E-state index < -0.39 is 11.9 Å². The molecule has 0 aliphatic heterocycles. The van der Waals surface area contributed by atoms with Gasteiger partial charge in [0.1, 0.15) is 11.8 Å². The zero-order valence-corrected chi connectivity index (χ0v) is 21.4. The van der Waals surface area contributed by atoms with Crippen LogP contribution in [0.4, 0.5) is 5.69 Å². The number of nitrogens with zero attached hydrogens (tertiary/aromatic N) is 3. The van der Waals surface area contributed by atoms with E-state index in [9.17, 15) is 9.59 Å². The quantitative estimate of drug-likeness (QED) is 0.455. The van der Waals surface area contributed by atoms with Crippen LogP contribution in [0.2, 0.25) is 0 Å². The van der Waals surface area contributed by atoms with Crippen molar-refractivity contribution in [3.63, 3.8) is 0 Å². The van der Waals surface area contributed by atoms with E-state index in [0.717, 1.165) is 43.8 Å². The lowest BCUT2D eigenvalue weighted by molar-refractivity contribution is -0.123. The van der Waals surface area contributed by atoms with Gasteiger partial charge in [0.25, 0.3) is 5.91 Å². The van der Waals surface area contributed by atoms with E-state index >= 15 is 0 Å². The molecule has 0 radical (unpaired) electrons. The summed E-state index contributed by atoms with van der Waals surface area (Å²) in [5.41, 5.74) is 1.21. The molecule has 1 aromatic heterocycles. The number of benzene rings is 2. The first-order valence-corrected chi connectivity index (χ1v) is 12.6. The third kappa shape index (κ3) is 5.59. The zero-order valence-electron chi connectivity index (χ0n) is 20.6. The van der Waals surface area contributed by atoms with Gasteiger partial charge in [0.05, 0.1) is 39.3 Å². The molecule has 1 heterocycles. The van der Waals surface area contributed by atoms with Gasteiger partial charge in [-0.2, -0.15) is 8.75 Å². The van der Waals surface area contributed by atoms with Crippen molar-refractivity contribution in [3.05, 3.63) is 59.9 Å². The largest absolute Gasteiger partial charge is 0.497 e. The molecule has 10 heteroatoms. The van der Waals surface area contributed by atoms with Gasteiger partial charge in [0.2, 0.25) is 5.91 Å². The molecule has 0 unspecified atom stereocenters. The summed E-state index contributed by atoms with van der Waals surface area (Å²) in [5, 5.41) is 3.19. The number of methoxy groups -OCH3 is 3. The first-order valence-electron chi connectivity index (χ1n) is 11.8. The van der Waals surface area contributed by atoms with Gasteiger partial charge in [0.15, 0.2) is 17.2 Å². The van der Waals surface area contributed by atoms with Crippen molar-refractivity contribution in [1.82, 2.24) is 14.1 Å². The molecule has 1 N–H and O–H groups in total. The summed E-state index contributed by atoms with van der Waals surface area (Å²) in [6.45, 7) is 0. The maximum absolute atomic E-state index is 14.0.